The highest BCUT2D eigenvalue weighted by atomic mass is 19.4. The van der Waals surface area contributed by atoms with Crippen LogP contribution in [0.3, 0.4) is 0 Å². The predicted octanol–water partition coefficient (Wildman–Crippen LogP) is 4.84. The Balaban J connectivity index is 2.31. The van der Waals surface area contributed by atoms with Gasteiger partial charge in [-0.2, -0.15) is 13.2 Å². The van der Waals surface area contributed by atoms with Crippen LogP contribution < -0.4 is 10.7 Å². The van der Waals surface area contributed by atoms with E-state index in [2.05, 4.69) is 15.3 Å². The molecule has 0 spiro atoms. The van der Waals surface area contributed by atoms with Crippen molar-refractivity contribution in [2.45, 2.75) is 39.5 Å². The van der Waals surface area contributed by atoms with Crippen molar-refractivity contribution in [1.82, 2.24) is 9.97 Å². The molecule has 0 fully saturated rings. The summed E-state index contributed by atoms with van der Waals surface area (Å²) in [5, 5.41) is 2.16. The SMILES string of the molecule is CCC(=O)OC(c1[nH]c2c(C(F)(F)F)cccc2c(=O)c1C(=O)Nc1ccccn1)C(C)C. The predicted molar refractivity (Wildman–Crippen MR) is 116 cm³/mol. The molecule has 0 saturated carbocycles. The highest BCUT2D eigenvalue weighted by Gasteiger charge is 2.36. The molecule has 1 aromatic carbocycles. The summed E-state index contributed by atoms with van der Waals surface area (Å²) in [7, 11) is 0. The van der Waals surface area contributed by atoms with Gasteiger partial charge in [-0.1, -0.05) is 32.9 Å². The number of rotatable bonds is 6. The van der Waals surface area contributed by atoms with E-state index in [0.29, 0.717) is 0 Å². The Morgan fingerprint density at radius 2 is 1.88 bits per heavy atom. The Hall–Kier alpha value is -3.69. The molecule has 1 amide bonds. The maximum absolute atomic E-state index is 13.7. The smallest absolute Gasteiger partial charge is 0.418 e. The van der Waals surface area contributed by atoms with Gasteiger partial charge >= 0.3 is 12.1 Å². The number of fused-ring (bicyclic) bond motifs is 1. The lowest BCUT2D eigenvalue weighted by Gasteiger charge is -2.24. The third-order valence-electron chi connectivity index (χ3n) is 4.94. The summed E-state index contributed by atoms with van der Waals surface area (Å²) < 4.78 is 46.4. The van der Waals surface area contributed by atoms with E-state index in [1.54, 1.807) is 32.9 Å². The van der Waals surface area contributed by atoms with Crippen LogP contribution in [0.15, 0.2) is 47.4 Å². The highest BCUT2D eigenvalue weighted by Crippen LogP contribution is 2.35. The summed E-state index contributed by atoms with van der Waals surface area (Å²) in [6, 6.07) is 7.86. The molecule has 3 aromatic rings. The minimum Gasteiger partial charge on any atom is -0.456 e. The molecular formula is C23H22F3N3O4. The number of esters is 1. The van der Waals surface area contributed by atoms with Gasteiger partial charge in [0.25, 0.3) is 5.91 Å². The molecule has 33 heavy (non-hydrogen) atoms. The van der Waals surface area contributed by atoms with Crippen molar-refractivity contribution in [3.63, 3.8) is 0 Å². The number of hydrogen-bond acceptors (Lipinski definition) is 5. The molecule has 174 valence electrons. The Morgan fingerprint density at radius 1 is 1.15 bits per heavy atom. The average Bonchev–Trinajstić information content (AvgIpc) is 2.76. The van der Waals surface area contributed by atoms with E-state index < -0.39 is 52.1 Å². The molecule has 2 aromatic heterocycles. The zero-order valence-corrected chi connectivity index (χ0v) is 18.1. The number of hydrogen-bond donors (Lipinski definition) is 2. The average molecular weight is 461 g/mol. The van der Waals surface area contributed by atoms with Crippen LogP contribution in [0.5, 0.6) is 0 Å². The number of aromatic nitrogens is 2. The normalized spacial score (nSPS) is 12.6. The number of H-pyrrole nitrogens is 1. The Bertz CT molecular complexity index is 1240. The molecule has 2 N–H and O–H groups in total. The molecule has 10 heteroatoms. The van der Waals surface area contributed by atoms with E-state index in [9.17, 15) is 27.6 Å². The lowest BCUT2D eigenvalue weighted by Crippen LogP contribution is -2.29. The fraction of sp³-hybridized carbons (Fsp3) is 0.304. The number of benzene rings is 1. The first kappa shape index (κ1) is 24.0. The van der Waals surface area contributed by atoms with E-state index in [1.807, 2.05) is 0 Å². The van der Waals surface area contributed by atoms with Crippen LogP contribution in [0.4, 0.5) is 19.0 Å². The van der Waals surface area contributed by atoms with E-state index in [0.717, 1.165) is 12.1 Å². The van der Waals surface area contributed by atoms with Crippen molar-refractivity contribution in [3.8, 4) is 0 Å². The summed E-state index contributed by atoms with van der Waals surface area (Å²) in [5.74, 6) is -1.84. The third-order valence-corrected chi connectivity index (χ3v) is 4.94. The molecule has 3 rings (SSSR count). The summed E-state index contributed by atoms with van der Waals surface area (Å²) in [5.41, 5.74) is -3.14. The van der Waals surface area contributed by atoms with E-state index >= 15 is 0 Å². The number of anilines is 1. The number of halogens is 3. The number of para-hydroxylation sites is 1. The van der Waals surface area contributed by atoms with Gasteiger partial charge in [-0.3, -0.25) is 14.4 Å². The molecule has 0 aliphatic rings. The van der Waals surface area contributed by atoms with Crippen molar-refractivity contribution < 1.29 is 27.5 Å². The van der Waals surface area contributed by atoms with E-state index in [1.165, 1.54) is 18.3 Å². The Labute approximate surface area is 187 Å². The number of pyridine rings is 2. The van der Waals surface area contributed by atoms with Crippen molar-refractivity contribution in [2.24, 2.45) is 5.92 Å². The molecule has 1 atom stereocenters. The second-order valence-corrected chi connectivity index (χ2v) is 7.65. The van der Waals surface area contributed by atoms with Gasteiger partial charge in [0.2, 0.25) is 5.43 Å². The lowest BCUT2D eigenvalue weighted by molar-refractivity contribution is -0.151. The number of carbonyl (C=O) groups is 2. The molecule has 0 aliphatic carbocycles. The first-order chi connectivity index (χ1) is 15.5. The van der Waals surface area contributed by atoms with Gasteiger partial charge in [0.05, 0.1) is 16.8 Å². The second-order valence-electron chi connectivity index (χ2n) is 7.65. The molecular weight excluding hydrogens is 439 g/mol. The van der Waals surface area contributed by atoms with Crippen molar-refractivity contribution >= 4 is 28.6 Å². The number of ether oxygens (including phenoxy) is 1. The second kappa shape index (κ2) is 9.43. The number of nitrogens with zero attached hydrogens (tertiary/aromatic N) is 1. The van der Waals surface area contributed by atoms with Crippen LogP contribution in [0, 0.1) is 5.92 Å². The number of alkyl halides is 3. The molecule has 0 saturated heterocycles. The topological polar surface area (TPSA) is 101 Å². The minimum absolute atomic E-state index is 0.00427. The highest BCUT2D eigenvalue weighted by molar-refractivity contribution is 6.06. The van der Waals surface area contributed by atoms with Crippen LogP contribution in [-0.4, -0.2) is 21.8 Å². The zero-order chi connectivity index (χ0) is 24.3. The summed E-state index contributed by atoms with van der Waals surface area (Å²) >= 11 is 0. The first-order valence-corrected chi connectivity index (χ1v) is 10.2. The van der Waals surface area contributed by atoms with Gasteiger partial charge in [-0.05, 0) is 30.2 Å². The van der Waals surface area contributed by atoms with Crippen LogP contribution in [-0.2, 0) is 15.7 Å². The van der Waals surface area contributed by atoms with Crippen molar-refractivity contribution in [2.75, 3.05) is 5.32 Å². The molecule has 0 aliphatic heterocycles. The van der Waals surface area contributed by atoms with Crippen LogP contribution in [0.2, 0.25) is 0 Å². The van der Waals surface area contributed by atoms with Crippen LogP contribution in [0.1, 0.15) is 54.9 Å². The van der Waals surface area contributed by atoms with Crippen molar-refractivity contribution in [3.05, 3.63) is 69.6 Å². The fourth-order valence-corrected chi connectivity index (χ4v) is 3.37. The third kappa shape index (κ3) is 5.05. The largest absolute Gasteiger partial charge is 0.456 e. The maximum atomic E-state index is 13.7. The van der Waals surface area contributed by atoms with Crippen LogP contribution >= 0.6 is 0 Å². The molecule has 7 nitrogen and oxygen atoms in total. The molecule has 2 heterocycles. The van der Waals surface area contributed by atoms with Crippen LogP contribution in [0.25, 0.3) is 10.9 Å². The number of carbonyl (C=O) groups excluding carboxylic acids is 2. The first-order valence-electron chi connectivity index (χ1n) is 10.2. The quantitative estimate of drug-likeness (QED) is 0.512. The summed E-state index contributed by atoms with van der Waals surface area (Å²) in [6.45, 7) is 4.87. The zero-order valence-electron chi connectivity index (χ0n) is 18.1. The molecule has 1 unspecified atom stereocenters. The summed E-state index contributed by atoms with van der Waals surface area (Å²) in [4.78, 5) is 45.1. The Kier molecular flexibility index (Phi) is 6.85. The van der Waals surface area contributed by atoms with Gasteiger partial charge in [0, 0.05) is 18.0 Å². The summed E-state index contributed by atoms with van der Waals surface area (Å²) in [6.07, 6.45) is -4.49. The maximum Gasteiger partial charge on any atom is 0.418 e. The van der Waals surface area contributed by atoms with E-state index in [4.69, 9.17) is 4.74 Å². The van der Waals surface area contributed by atoms with Gasteiger partial charge in [-0.25, -0.2) is 4.98 Å². The van der Waals surface area contributed by atoms with Gasteiger partial charge in [0.1, 0.15) is 17.5 Å². The number of aromatic amines is 1. The minimum atomic E-state index is -4.76. The van der Waals surface area contributed by atoms with Gasteiger partial charge in [0.15, 0.2) is 0 Å². The van der Waals surface area contributed by atoms with Crippen molar-refractivity contribution in [1.29, 1.82) is 0 Å². The standard InChI is InChI=1S/C23H22F3N3O4/c1-4-16(30)33-21(12(2)3)19-17(22(32)28-15-10-5-6-11-27-15)20(31)13-8-7-9-14(18(13)29-19)23(24,25)26/h5-12,21H,4H2,1-3H3,(H,29,31)(H,27,28,32). The molecule has 0 radical (unpaired) electrons. The monoisotopic (exact) mass is 461 g/mol. The fourth-order valence-electron chi connectivity index (χ4n) is 3.37. The number of nitrogens with one attached hydrogen (secondary N) is 2. The molecule has 0 bridgehead atoms. The van der Waals surface area contributed by atoms with Gasteiger partial charge in [-0.15, -0.1) is 0 Å². The van der Waals surface area contributed by atoms with Gasteiger partial charge < -0.3 is 15.0 Å². The number of amides is 1. The Morgan fingerprint density at radius 3 is 2.45 bits per heavy atom. The lowest BCUT2D eigenvalue weighted by atomic mass is 9.96. The van der Waals surface area contributed by atoms with E-state index in [-0.39, 0.29) is 23.3 Å².